The van der Waals surface area contributed by atoms with E-state index in [-0.39, 0.29) is 11.3 Å². The summed E-state index contributed by atoms with van der Waals surface area (Å²) in [5.74, 6) is 7.52. The van der Waals surface area contributed by atoms with Crippen molar-refractivity contribution in [2.75, 3.05) is 12.0 Å². The third-order valence-electron chi connectivity index (χ3n) is 2.49. The van der Waals surface area contributed by atoms with Gasteiger partial charge in [-0.2, -0.15) is 4.98 Å². The first kappa shape index (κ1) is 14.7. The normalized spacial score (nSPS) is 11.7. The molecule has 1 aromatic heterocycles. The Balaban J connectivity index is 2.73. The number of hydrogen-bond donors (Lipinski definition) is 2. The average molecular weight is 252 g/mol. The van der Waals surface area contributed by atoms with Gasteiger partial charge in [-0.05, 0) is 11.8 Å². The Morgan fingerprint density at radius 3 is 2.50 bits per heavy atom. The predicted octanol–water partition coefficient (Wildman–Crippen LogP) is 2.70. The minimum atomic E-state index is 0.239. The zero-order chi connectivity index (χ0) is 13.8. The SMILES string of the molecule is CC(C)c1nc(NN)cc(OCCC(C)(C)C)n1. The van der Waals surface area contributed by atoms with E-state index in [1.54, 1.807) is 6.07 Å². The van der Waals surface area contributed by atoms with Gasteiger partial charge in [0.25, 0.3) is 0 Å². The van der Waals surface area contributed by atoms with E-state index in [1.807, 2.05) is 13.8 Å². The molecule has 0 aliphatic heterocycles. The minimum absolute atomic E-state index is 0.239. The van der Waals surface area contributed by atoms with Gasteiger partial charge >= 0.3 is 0 Å². The van der Waals surface area contributed by atoms with E-state index in [9.17, 15) is 0 Å². The van der Waals surface area contributed by atoms with Crippen molar-refractivity contribution in [1.82, 2.24) is 9.97 Å². The highest BCUT2D eigenvalue weighted by Crippen LogP contribution is 2.21. The van der Waals surface area contributed by atoms with Crippen LogP contribution in [0.15, 0.2) is 6.07 Å². The summed E-state index contributed by atoms with van der Waals surface area (Å²) in [6.07, 6.45) is 0.972. The molecule has 5 nitrogen and oxygen atoms in total. The lowest BCUT2D eigenvalue weighted by atomic mass is 9.93. The van der Waals surface area contributed by atoms with E-state index in [1.165, 1.54) is 0 Å². The molecule has 18 heavy (non-hydrogen) atoms. The van der Waals surface area contributed by atoms with Crippen LogP contribution in [0.25, 0.3) is 0 Å². The lowest BCUT2D eigenvalue weighted by Gasteiger charge is -2.18. The highest BCUT2D eigenvalue weighted by atomic mass is 16.5. The number of hydrazine groups is 1. The average Bonchev–Trinajstić information content (AvgIpc) is 2.26. The Labute approximate surface area is 109 Å². The first-order valence-corrected chi connectivity index (χ1v) is 6.30. The zero-order valence-corrected chi connectivity index (χ0v) is 11.9. The van der Waals surface area contributed by atoms with Crippen molar-refractivity contribution in [3.05, 3.63) is 11.9 Å². The molecule has 1 aromatic rings. The molecule has 0 fully saturated rings. The topological polar surface area (TPSA) is 73.1 Å². The second kappa shape index (κ2) is 6.00. The largest absolute Gasteiger partial charge is 0.478 e. The Morgan fingerprint density at radius 2 is 2.00 bits per heavy atom. The van der Waals surface area contributed by atoms with E-state index in [2.05, 4.69) is 36.2 Å². The van der Waals surface area contributed by atoms with Gasteiger partial charge in [-0.3, -0.25) is 0 Å². The summed E-state index contributed by atoms with van der Waals surface area (Å²) < 4.78 is 5.67. The van der Waals surface area contributed by atoms with Crippen LogP contribution >= 0.6 is 0 Å². The fourth-order valence-electron chi connectivity index (χ4n) is 1.31. The summed E-state index contributed by atoms with van der Waals surface area (Å²) in [5.41, 5.74) is 2.79. The maximum atomic E-state index is 5.67. The number of nitrogens with zero attached hydrogens (tertiary/aromatic N) is 2. The molecule has 0 saturated heterocycles. The third-order valence-corrected chi connectivity index (χ3v) is 2.49. The van der Waals surface area contributed by atoms with Crippen molar-refractivity contribution in [1.29, 1.82) is 0 Å². The minimum Gasteiger partial charge on any atom is -0.478 e. The van der Waals surface area contributed by atoms with Gasteiger partial charge in [0.15, 0.2) is 0 Å². The smallest absolute Gasteiger partial charge is 0.218 e. The summed E-state index contributed by atoms with van der Waals surface area (Å²) in [7, 11) is 0. The van der Waals surface area contributed by atoms with Crippen LogP contribution in [0.4, 0.5) is 5.82 Å². The zero-order valence-electron chi connectivity index (χ0n) is 11.9. The van der Waals surface area contributed by atoms with Crippen molar-refractivity contribution < 1.29 is 4.74 Å². The molecule has 0 bridgehead atoms. The molecule has 1 heterocycles. The van der Waals surface area contributed by atoms with Crippen LogP contribution in [0.5, 0.6) is 5.88 Å². The Bertz CT molecular complexity index is 385. The summed E-state index contributed by atoms with van der Waals surface area (Å²) >= 11 is 0. The standard InChI is InChI=1S/C13H24N4O/c1-9(2)12-15-10(17-14)8-11(16-12)18-7-6-13(3,4)5/h8-9H,6-7,14H2,1-5H3,(H,15,16,17). The van der Waals surface area contributed by atoms with E-state index < -0.39 is 0 Å². The van der Waals surface area contributed by atoms with Gasteiger partial charge in [-0.1, -0.05) is 34.6 Å². The number of nitrogens with one attached hydrogen (secondary N) is 1. The number of nitrogen functional groups attached to an aromatic ring is 1. The molecule has 0 saturated carbocycles. The maximum Gasteiger partial charge on any atom is 0.218 e. The highest BCUT2D eigenvalue weighted by molar-refractivity contribution is 5.37. The van der Waals surface area contributed by atoms with Gasteiger partial charge in [0.1, 0.15) is 11.6 Å². The predicted molar refractivity (Wildman–Crippen MR) is 73.5 cm³/mol. The van der Waals surface area contributed by atoms with Gasteiger partial charge in [-0.25, -0.2) is 10.8 Å². The van der Waals surface area contributed by atoms with Crippen LogP contribution in [-0.4, -0.2) is 16.6 Å². The third kappa shape index (κ3) is 4.87. The lowest BCUT2D eigenvalue weighted by Crippen LogP contribution is -2.14. The molecular formula is C13H24N4O. The van der Waals surface area contributed by atoms with Crippen LogP contribution in [-0.2, 0) is 0 Å². The molecule has 1 rings (SSSR count). The number of hydrogen-bond acceptors (Lipinski definition) is 5. The van der Waals surface area contributed by atoms with Crippen LogP contribution in [0.2, 0.25) is 0 Å². The van der Waals surface area contributed by atoms with E-state index in [4.69, 9.17) is 10.6 Å². The second-order valence-corrected chi connectivity index (χ2v) is 5.91. The molecule has 0 atom stereocenters. The van der Waals surface area contributed by atoms with E-state index in [0.29, 0.717) is 18.3 Å². The van der Waals surface area contributed by atoms with Crippen molar-refractivity contribution in [3.63, 3.8) is 0 Å². The maximum absolute atomic E-state index is 5.67. The van der Waals surface area contributed by atoms with Gasteiger partial charge in [0.2, 0.25) is 5.88 Å². The molecule has 0 amide bonds. The van der Waals surface area contributed by atoms with Crippen LogP contribution < -0.4 is 16.0 Å². The fourth-order valence-corrected chi connectivity index (χ4v) is 1.31. The molecule has 0 radical (unpaired) electrons. The first-order valence-electron chi connectivity index (χ1n) is 6.30. The van der Waals surface area contributed by atoms with Gasteiger partial charge < -0.3 is 10.2 Å². The molecule has 102 valence electrons. The van der Waals surface area contributed by atoms with Crippen LogP contribution in [0.3, 0.4) is 0 Å². The molecule has 0 unspecified atom stereocenters. The summed E-state index contributed by atoms with van der Waals surface area (Å²) in [6, 6.07) is 1.72. The van der Waals surface area contributed by atoms with Crippen molar-refractivity contribution in [2.24, 2.45) is 11.3 Å². The quantitative estimate of drug-likeness (QED) is 0.622. The summed E-state index contributed by atoms with van der Waals surface area (Å²) in [4.78, 5) is 8.65. The molecule has 3 N–H and O–H groups in total. The number of nitrogens with two attached hydrogens (primary N) is 1. The Kier molecular flexibility index (Phi) is 4.90. The van der Waals surface area contributed by atoms with Gasteiger partial charge in [0.05, 0.1) is 6.61 Å². The molecular weight excluding hydrogens is 228 g/mol. The van der Waals surface area contributed by atoms with Gasteiger partial charge in [0, 0.05) is 12.0 Å². The fraction of sp³-hybridized carbons (Fsp3) is 0.692. The summed E-state index contributed by atoms with van der Waals surface area (Å²) in [6.45, 7) is 11.3. The molecule has 0 aromatic carbocycles. The van der Waals surface area contributed by atoms with Crippen molar-refractivity contribution in [3.8, 4) is 5.88 Å². The molecule has 0 spiro atoms. The van der Waals surface area contributed by atoms with E-state index >= 15 is 0 Å². The first-order chi connectivity index (χ1) is 8.31. The number of ether oxygens (including phenoxy) is 1. The molecule has 5 heteroatoms. The van der Waals surface area contributed by atoms with Gasteiger partial charge in [-0.15, -0.1) is 0 Å². The number of aromatic nitrogens is 2. The lowest BCUT2D eigenvalue weighted by molar-refractivity contribution is 0.235. The molecule has 0 aliphatic rings. The monoisotopic (exact) mass is 252 g/mol. The summed E-state index contributed by atoms with van der Waals surface area (Å²) in [5, 5.41) is 0. The highest BCUT2D eigenvalue weighted by Gasteiger charge is 2.12. The molecule has 0 aliphatic carbocycles. The Morgan fingerprint density at radius 1 is 1.33 bits per heavy atom. The number of rotatable bonds is 5. The van der Waals surface area contributed by atoms with Crippen LogP contribution in [0, 0.1) is 5.41 Å². The van der Waals surface area contributed by atoms with Crippen LogP contribution in [0.1, 0.15) is 52.8 Å². The van der Waals surface area contributed by atoms with Crippen molar-refractivity contribution in [2.45, 2.75) is 47.0 Å². The number of anilines is 1. The van der Waals surface area contributed by atoms with E-state index in [0.717, 1.165) is 12.2 Å². The van der Waals surface area contributed by atoms with Crippen molar-refractivity contribution >= 4 is 5.82 Å². The Hall–Kier alpha value is -1.36. The second-order valence-electron chi connectivity index (χ2n) is 5.91.